The fourth-order valence-corrected chi connectivity index (χ4v) is 4.84. The quantitative estimate of drug-likeness (QED) is 0.126. The van der Waals surface area contributed by atoms with Crippen molar-refractivity contribution in [1.29, 1.82) is 5.41 Å². The molecular weight excluding hydrogens is 514 g/mol. The van der Waals surface area contributed by atoms with Crippen molar-refractivity contribution in [2.24, 2.45) is 5.73 Å². The first-order valence-electron chi connectivity index (χ1n) is 13.7. The molecule has 1 atom stereocenters. The normalized spacial score (nSPS) is 12.8. The lowest BCUT2D eigenvalue weighted by Gasteiger charge is -2.22. The first kappa shape index (κ1) is 27.6. The number of rotatable bonds is 11. The number of amides is 1. The molecule has 0 aliphatic carbocycles. The van der Waals surface area contributed by atoms with Crippen LogP contribution in [-0.2, 0) is 24.4 Å². The number of anilines is 2. The molecule has 0 aromatic heterocycles. The molecule has 0 unspecified atom stereocenters. The number of carbonyl (C=O) groups excluding carboxylic acids is 1. The molecule has 0 bridgehead atoms. The first-order chi connectivity index (χ1) is 20.0. The molecule has 4 aromatic carbocycles. The molecule has 0 fully saturated rings. The van der Waals surface area contributed by atoms with Crippen molar-refractivity contribution in [3.8, 4) is 11.5 Å². The second kappa shape index (κ2) is 12.9. The van der Waals surface area contributed by atoms with E-state index in [9.17, 15) is 4.79 Å². The van der Waals surface area contributed by atoms with Gasteiger partial charge in [0.05, 0.1) is 7.11 Å². The summed E-state index contributed by atoms with van der Waals surface area (Å²) in [6.07, 6.45) is 2.24. The van der Waals surface area contributed by atoms with Crippen molar-refractivity contribution < 1.29 is 14.3 Å². The van der Waals surface area contributed by atoms with Gasteiger partial charge in [-0.1, -0.05) is 48.5 Å². The lowest BCUT2D eigenvalue weighted by atomic mass is 10.0. The SMILES string of the molecule is COc1cc([C@H](Nc2ccc(C(=N)N)cc2)C(=O)NCc2ccccc2)ccc1OCc1ccc2c(c1)NCCC2. The summed E-state index contributed by atoms with van der Waals surface area (Å²) in [6.45, 7) is 1.78. The van der Waals surface area contributed by atoms with E-state index in [-0.39, 0.29) is 11.7 Å². The van der Waals surface area contributed by atoms with Crippen molar-refractivity contribution in [2.45, 2.75) is 32.0 Å². The Hall–Kier alpha value is -4.98. The van der Waals surface area contributed by atoms with Crippen LogP contribution in [0.5, 0.6) is 11.5 Å². The van der Waals surface area contributed by atoms with E-state index in [0.29, 0.717) is 35.8 Å². The van der Waals surface area contributed by atoms with Crippen LogP contribution >= 0.6 is 0 Å². The Bertz CT molecular complexity index is 1510. The van der Waals surface area contributed by atoms with Crippen LogP contribution in [0.15, 0.2) is 91.0 Å². The van der Waals surface area contributed by atoms with Gasteiger partial charge in [-0.05, 0) is 77.6 Å². The number of nitrogens with one attached hydrogen (secondary N) is 4. The second-order valence-electron chi connectivity index (χ2n) is 9.99. The number of amidine groups is 1. The summed E-state index contributed by atoms with van der Waals surface area (Å²) >= 11 is 0. The molecule has 0 saturated carbocycles. The van der Waals surface area contributed by atoms with Crippen LogP contribution in [0.2, 0.25) is 0 Å². The van der Waals surface area contributed by atoms with Gasteiger partial charge >= 0.3 is 0 Å². The first-order valence-corrected chi connectivity index (χ1v) is 13.7. The summed E-state index contributed by atoms with van der Waals surface area (Å²) < 4.78 is 11.8. The van der Waals surface area contributed by atoms with E-state index >= 15 is 0 Å². The summed E-state index contributed by atoms with van der Waals surface area (Å²) in [7, 11) is 1.59. The number of methoxy groups -OCH3 is 1. The maximum atomic E-state index is 13.5. The van der Waals surface area contributed by atoms with Crippen LogP contribution in [0.3, 0.4) is 0 Å². The fraction of sp³-hybridized carbons (Fsp3) is 0.212. The van der Waals surface area contributed by atoms with Crippen molar-refractivity contribution >= 4 is 23.1 Å². The summed E-state index contributed by atoms with van der Waals surface area (Å²) in [4.78, 5) is 13.5. The van der Waals surface area contributed by atoms with E-state index in [1.807, 2.05) is 48.5 Å². The molecule has 5 rings (SSSR count). The third kappa shape index (κ3) is 6.97. The Morgan fingerprint density at radius 3 is 2.54 bits per heavy atom. The van der Waals surface area contributed by atoms with Gasteiger partial charge in [0.1, 0.15) is 18.5 Å². The molecular formula is C33H35N5O3. The summed E-state index contributed by atoms with van der Waals surface area (Å²) in [5.41, 5.74) is 12.2. The van der Waals surface area contributed by atoms with Crippen LogP contribution in [0.25, 0.3) is 0 Å². The zero-order valence-electron chi connectivity index (χ0n) is 23.1. The summed E-state index contributed by atoms with van der Waals surface area (Å²) in [6, 6.07) is 28.1. The van der Waals surface area contributed by atoms with Gasteiger partial charge in [-0.3, -0.25) is 10.2 Å². The lowest BCUT2D eigenvalue weighted by molar-refractivity contribution is -0.122. The highest BCUT2D eigenvalue weighted by Gasteiger charge is 2.23. The standard InChI is InChI=1S/C33H35N5O3/c1-40-30-19-26(13-16-29(30)41-21-23-9-10-24-8-5-17-36-28(24)18-23)31(33(39)37-20-22-6-3-2-4-7-22)38-27-14-11-25(12-15-27)32(34)35/h2-4,6-7,9-16,18-19,31,36,38H,5,8,17,20-21H2,1H3,(H3,34,35)(H,37,39)/t31-/m0/s1. The molecule has 1 amide bonds. The Morgan fingerprint density at radius 2 is 1.78 bits per heavy atom. The summed E-state index contributed by atoms with van der Waals surface area (Å²) in [5, 5.41) is 17.5. The van der Waals surface area contributed by atoms with E-state index in [0.717, 1.165) is 36.2 Å². The molecule has 1 aliphatic rings. The minimum absolute atomic E-state index is 0.0133. The van der Waals surface area contributed by atoms with Crippen molar-refractivity contribution in [1.82, 2.24) is 5.32 Å². The topological polar surface area (TPSA) is 121 Å². The van der Waals surface area contributed by atoms with Crippen LogP contribution < -0.4 is 31.2 Å². The van der Waals surface area contributed by atoms with Crippen LogP contribution in [0.4, 0.5) is 11.4 Å². The average Bonchev–Trinajstić information content (AvgIpc) is 3.02. The number of nitrogen functional groups attached to an aromatic ring is 1. The maximum absolute atomic E-state index is 13.5. The molecule has 1 heterocycles. The largest absolute Gasteiger partial charge is 0.493 e. The number of hydrogen-bond donors (Lipinski definition) is 5. The smallest absolute Gasteiger partial charge is 0.247 e. The predicted octanol–water partition coefficient (Wildman–Crippen LogP) is 5.39. The van der Waals surface area contributed by atoms with Gasteiger partial charge in [0.2, 0.25) is 5.91 Å². The molecule has 1 aliphatic heterocycles. The van der Waals surface area contributed by atoms with Gasteiger partial charge in [-0.15, -0.1) is 0 Å². The highest BCUT2D eigenvalue weighted by Crippen LogP contribution is 2.33. The van der Waals surface area contributed by atoms with E-state index < -0.39 is 6.04 Å². The highest BCUT2D eigenvalue weighted by atomic mass is 16.5. The van der Waals surface area contributed by atoms with E-state index in [1.54, 1.807) is 31.4 Å². The zero-order chi connectivity index (χ0) is 28.6. The Kier molecular flexibility index (Phi) is 8.69. The average molecular weight is 550 g/mol. The van der Waals surface area contributed by atoms with Gasteiger partial charge in [-0.25, -0.2) is 0 Å². The molecule has 8 heteroatoms. The molecule has 0 spiro atoms. The van der Waals surface area contributed by atoms with E-state index in [1.165, 1.54) is 11.3 Å². The van der Waals surface area contributed by atoms with E-state index in [4.69, 9.17) is 20.6 Å². The third-order valence-electron chi connectivity index (χ3n) is 7.11. The van der Waals surface area contributed by atoms with Crippen LogP contribution in [-0.4, -0.2) is 25.4 Å². The minimum Gasteiger partial charge on any atom is -0.493 e. The van der Waals surface area contributed by atoms with Gasteiger partial charge in [0.25, 0.3) is 0 Å². The predicted molar refractivity (Wildman–Crippen MR) is 163 cm³/mol. The van der Waals surface area contributed by atoms with Crippen LogP contribution in [0, 0.1) is 5.41 Å². The monoisotopic (exact) mass is 549 g/mol. The fourth-order valence-electron chi connectivity index (χ4n) is 4.84. The number of aryl methyl sites for hydroxylation is 1. The van der Waals surface area contributed by atoms with Crippen LogP contribution in [0.1, 0.15) is 40.3 Å². The van der Waals surface area contributed by atoms with E-state index in [2.05, 4.69) is 34.1 Å². The van der Waals surface area contributed by atoms with Gasteiger partial charge in [0.15, 0.2) is 11.5 Å². The Labute approximate surface area is 240 Å². The number of ether oxygens (including phenoxy) is 2. The number of hydrogen-bond acceptors (Lipinski definition) is 6. The van der Waals surface area contributed by atoms with Gasteiger partial charge in [-0.2, -0.15) is 0 Å². The molecule has 41 heavy (non-hydrogen) atoms. The number of carbonyl (C=O) groups is 1. The Balaban J connectivity index is 1.35. The Morgan fingerprint density at radius 1 is 0.976 bits per heavy atom. The van der Waals surface area contributed by atoms with Gasteiger partial charge < -0.3 is 31.2 Å². The molecule has 0 radical (unpaired) electrons. The number of benzene rings is 4. The second-order valence-corrected chi connectivity index (χ2v) is 9.99. The molecule has 0 saturated heterocycles. The maximum Gasteiger partial charge on any atom is 0.247 e. The highest BCUT2D eigenvalue weighted by molar-refractivity contribution is 5.95. The zero-order valence-corrected chi connectivity index (χ0v) is 23.1. The van der Waals surface area contributed by atoms with Crippen molar-refractivity contribution in [3.05, 3.63) is 119 Å². The van der Waals surface area contributed by atoms with Crippen molar-refractivity contribution in [2.75, 3.05) is 24.3 Å². The van der Waals surface area contributed by atoms with Crippen molar-refractivity contribution in [3.63, 3.8) is 0 Å². The molecule has 4 aromatic rings. The molecule has 210 valence electrons. The summed E-state index contributed by atoms with van der Waals surface area (Å²) in [5.74, 6) is 0.923. The number of fused-ring (bicyclic) bond motifs is 1. The lowest BCUT2D eigenvalue weighted by Crippen LogP contribution is -2.33. The van der Waals surface area contributed by atoms with Gasteiger partial charge in [0, 0.05) is 30.0 Å². The number of nitrogens with two attached hydrogens (primary N) is 1. The minimum atomic E-state index is -0.712. The third-order valence-corrected chi connectivity index (χ3v) is 7.11. The molecule has 8 nitrogen and oxygen atoms in total. The molecule has 6 N–H and O–H groups in total.